The second-order valence-electron chi connectivity index (χ2n) is 4.09. The quantitative estimate of drug-likeness (QED) is 0.833. The normalized spacial score (nSPS) is 10.5. The van der Waals surface area contributed by atoms with E-state index in [-0.39, 0.29) is 11.7 Å². The number of halogens is 1. The first-order chi connectivity index (χ1) is 9.68. The van der Waals surface area contributed by atoms with Gasteiger partial charge in [-0.2, -0.15) is 11.8 Å². The van der Waals surface area contributed by atoms with Crippen molar-refractivity contribution in [1.29, 1.82) is 0 Å². The van der Waals surface area contributed by atoms with Gasteiger partial charge in [-0.25, -0.2) is 4.39 Å². The van der Waals surface area contributed by atoms with Gasteiger partial charge in [-0.15, -0.1) is 5.10 Å². The van der Waals surface area contributed by atoms with Gasteiger partial charge >= 0.3 is 0 Å². The Morgan fingerprint density at radius 1 is 1.45 bits per heavy atom. The van der Waals surface area contributed by atoms with Gasteiger partial charge < -0.3 is 5.32 Å². The first-order valence-electron chi connectivity index (χ1n) is 6.07. The van der Waals surface area contributed by atoms with Crippen LogP contribution in [0.25, 0.3) is 0 Å². The van der Waals surface area contributed by atoms with Crippen molar-refractivity contribution < 1.29 is 9.18 Å². The topological polar surface area (TPSA) is 54.9 Å². The van der Waals surface area contributed by atoms with Crippen LogP contribution < -0.4 is 5.32 Å². The van der Waals surface area contributed by atoms with Crippen molar-refractivity contribution in [3.8, 4) is 0 Å². The van der Waals surface area contributed by atoms with Gasteiger partial charge in [0.25, 0.3) is 5.91 Å². The Bertz CT molecular complexity index is 589. The fraction of sp³-hybridized carbons (Fsp3) is 0.308. The molecule has 20 heavy (non-hydrogen) atoms. The van der Waals surface area contributed by atoms with E-state index in [0.29, 0.717) is 28.4 Å². The Hall–Kier alpha value is -1.47. The average Bonchev–Trinajstić information content (AvgIpc) is 2.86. The molecule has 0 spiro atoms. The van der Waals surface area contributed by atoms with Crippen LogP contribution in [0.15, 0.2) is 24.3 Å². The molecule has 4 nitrogen and oxygen atoms in total. The zero-order chi connectivity index (χ0) is 14.4. The fourth-order valence-electron chi connectivity index (χ4n) is 1.55. The summed E-state index contributed by atoms with van der Waals surface area (Å²) in [4.78, 5) is 12.3. The molecule has 0 fully saturated rings. The molecule has 2 rings (SSSR count). The van der Waals surface area contributed by atoms with E-state index >= 15 is 0 Å². The van der Waals surface area contributed by atoms with Crippen LogP contribution in [-0.2, 0) is 5.75 Å². The summed E-state index contributed by atoms with van der Waals surface area (Å²) in [6.07, 6.45) is 0. The van der Waals surface area contributed by atoms with Crippen molar-refractivity contribution >= 4 is 29.2 Å². The summed E-state index contributed by atoms with van der Waals surface area (Å²) in [5.41, 5.74) is 1.33. The van der Waals surface area contributed by atoms with E-state index in [2.05, 4.69) is 14.9 Å². The van der Waals surface area contributed by atoms with E-state index in [1.165, 1.54) is 6.07 Å². The first kappa shape index (κ1) is 14.9. The highest BCUT2D eigenvalue weighted by Gasteiger charge is 2.11. The Morgan fingerprint density at radius 2 is 2.25 bits per heavy atom. The van der Waals surface area contributed by atoms with E-state index < -0.39 is 0 Å². The van der Waals surface area contributed by atoms with Gasteiger partial charge in [0.15, 0.2) is 0 Å². The number of aromatic nitrogens is 2. The number of nitrogens with zero attached hydrogens (tertiary/aromatic N) is 2. The van der Waals surface area contributed by atoms with E-state index in [0.717, 1.165) is 17.3 Å². The summed E-state index contributed by atoms with van der Waals surface area (Å²) in [7, 11) is 0. The molecule has 0 radical (unpaired) electrons. The molecule has 1 amide bonds. The highest BCUT2D eigenvalue weighted by atomic mass is 32.2. The summed E-state index contributed by atoms with van der Waals surface area (Å²) >= 11 is 2.67. The molecule has 1 heterocycles. The number of carbonyl (C=O) groups excluding carboxylic acids is 1. The van der Waals surface area contributed by atoms with Crippen molar-refractivity contribution in [1.82, 2.24) is 14.9 Å². The van der Waals surface area contributed by atoms with Crippen LogP contribution >= 0.6 is 23.3 Å². The van der Waals surface area contributed by atoms with Gasteiger partial charge in [-0.1, -0.05) is 22.7 Å². The largest absolute Gasteiger partial charge is 0.350 e. The molecule has 0 saturated heterocycles. The summed E-state index contributed by atoms with van der Waals surface area (Å²) in [6, 6.07) is 6.72. The highest BCUT2D eigenvalue weighted by Crippen LogP contribution is 2.15. The number of nitrogens with one attached hydrogen (secondary N) is 1. The van der Waals surface area contributed by atoms with Crippen LogP contribution in [0, 0.1) is 12.7 Å². The van der Waals surface area contributed by atoms with Crippen molar-refractivity contribution in [2.24, 2.45) is 0 Å². The van der Waals surface area contributed by atoms with Crippen LogP contribution in [-0.4, -0.2) is 27.8 Å². The lowest BCUT2D eigenvalue weighted by atomic mass is 10.2. The van der Waals surface area contributed by atoms with Gasteiger partial charge in [0.05, 0.1) is 5.69 Å². The number of carbonyl (C=O) groups is 1. The van der Waals surface area contributed by atoms with Crippen LogP contribution in [0.3, 0.4) is 0 Å². The standard InChI is InChI=1S/C13H14FN3OS2/c1-9-12(20-17-16-9)13(18)15-6-7-19-8-10-4-2-3-5-11(10)14/h2-5H,6-8H2,1H3,(H,15,18). The molecule has 7 heteroatoms. The Balaban J connectivity index is 1.69. The summed E-state index contributed by atoms with van der Waals surface area (Å²) < 4.78 is 17.1. The van der Waals surface area contributed by atoms with Crippen molar-refractivity contribution in [3.05, 3.63) is 46.2 Å². The molecule has 0 unspecified atom stereocenters. The minimum atomic E-state index is -0.185. The van der Waals surface area contributed by atoms with Crippen LogP contribution in [0.4, 0.5) is 4.39 Å². The second kappa shape index (κ2) is 7.35. The number of benzene rings is 1. The van der Waals surface area contributed by atoms with E-state index in [1.54, 1.807) is 30.8 Å². The molecule has 0 atom stereocenters. The number of hydrogen-bond acceptors (Lipinski definition) is 5. The number of thioether (sulfide) groups is 1. The predicted octanol–water partition coefficient (Wildman–Crippen LogP) is 2.65. The molecule has 1 N–H and O–H groups in total. The minimum absolute atomic E-state index is 0.149. The van der Waals surface area contributed by atoms with E-state index in [4.69, 9.17) is 0 Å². The smallest absolute Gasteiger partial charge is 0.264 e. The summed E-state index contributed by atoms with van der Waals surface area (Å²) in [6.45, 7) is 2.29. The summed E-state index contributed by atoms with van der Waals surface area (Å²) in [5, 5.41) is 6.60. The molecular formula is C13H14FN3OS2. The number of amides is 1. The average molecular weight is 311 g/mol. The maximum Gasteiger partial charge on any atom is 0.264 e. The van der Waals surface area contributed by atoms with Gasteiger partial charge in [-0.3, -0.25) is 4.79 Å². The lowest BCUT2D eigenvalue weighted by Crippen LogP contribution is -2.25. The molecule has 1 aromatic heterocycles. The molecule has 0 saturated carbocycles. The molecular weight excluding hydrogens is 297 g/mol. The lowest BCUT2D eigenvalue weighted by Gasteiger charge is -2.05. The highest BCUT2D eigenvalue weighted by molar-refractivity contribution is 7.98. The zero-order valence-corrected chi connectivity index (χ0v) is 12.6. The maximum atomic E-state index is 13.4. The fourth-order valence-corrected chi connectivity index (χ4v) is 2.97. The minimum Gasteiger partial charge on any atom is -0.350 e. The predicted molar refractivity (Wildman–Crippen MR) is 79.5 cm³/mol. The number of rotatable bonds is 6. The van der Waals surface area contributed by atoms with Crippen molar-refractivity contribution in [3.63, 3.8) is 0 Å². The van der Waals surface area contributed by atoms with E-state index in [9.17, 15) is 9.18 Å². The van der Waals surface area contributed by atoms with Gasteiger partial charge in [0, 0.05) is 18.1 Å². The van der Waals surface area contributed by atoms with Crippen LogP contribution in [0.2, 0.25) is 0 Å². The molecule has 0 bridgehead atoms. The van der Waals surface area contributed by atoms with E-state index in [1.807, 2.05) is 6.07 Å². The Labute approximate surface area is 125 Å². The molecule has 1 aromatic carbocycles. The maximum absolute atomic E-state index is 13.4. The molecule has 106 valence electrons. The van der Waals surface area contributed by atoms with Gasteiger partial charge in [0.2, 0.25) is 0 Å². The number of aryl methyl sites for hydroxylation is 1. The Morgan fingerprint density at radius 3 is 2.95 bits per heavy atom. The second-order valence-corrected chi connectivity index (χ2v) is 5.95. The molecule has 2 aromatic rings. The lowest BCUT2D eigenvalue weighted by molar-refractivity contribution is 0.0959. The third kappa shape index (κ3) is 4.01. The molecule has 0 aliphatic heterocycles. The third-order valence-corrected chi connectivity index (χ3v) is 4.44. The van der Waals surface area contributed by atoms with Gasteiger partial charge in [0.1, 0.15) is 10.7 Å². The van der Waals surface area contributed by atoms with Crippen molar-refractivity contribution in [2.45, 2.75) is 12.7 Å². The monoisotopic (exact) mass is 311 g/mol. The molecule has 0 aliphatic carbocycles. The van der Waals surface area contributed by atoms with Crippen molar-refractivity contribution in [2.75, 3.05) is 12.3 Å². The van der Waals surface area contributed by atoms with Crippen LogP contribution in [0.5, 0.6) is 0 Å². The van der Waals surface area contributed by atoms with Crippen LogP contribution in [0.1, 0.15) is 20.9 Å². The first-order valence-corrected chi connectivity index (χ1v) is 7.99. The zero-order valence-electron chi connectivity index (χ0n) is 10.9. The molecule has 0 aliphatic rings. The Kier molecular flexibility index (Phi) is 5.49. The number of hydrogen-bond donors (Lipinski definition) is 1. The third-order valence-electron chi connectivity index (χ3n) is 2.61. The SMILES string of the molecule is Cc1nnsc1C(=O)NCCSCc1ccccc1F. The summed E-state index contributed by atoms with van der Waals surface area (Å²) in [5.74, 6) is 0.995. The van der Waals surface area contributed by atoms with Gasteiger partial charge in [-0.05, 0) is 30.1 Å².